The van der Waals surface area contributed by atoms with Crippen molar-refractivity contribution in [1.29, 1.82) is 0 Å². The molecule has 0 fully saturated rings. The first-order valence-corrected chi connectivity index (χ1v) is 6.72. The van der Waals surface area contributed by atoms with E-state index in [1.165, 1.54) is 5.56 Å². The van der Waals surface area contributed by atoms with Gasteiger partial charge in [0.1, 0.15) is 5.76 Å². The first-order valence-electron chi connectivity index (χ1n) is 6.72. The Labute approximate surface area is 114 Å². The fraction of sp³-hybridized carbons (Fsp3) is 0.375. The van der Waals surface area contributed by atoms with Crippen molar-refractivity contribution >= 4 is 0 Å². The number of nitrogens with one attached hydrogen (secondary N) is 1. The largest absolute Gasteiger partial charge is 0.469 e. The third-order valence-corrected chi connectivity index (χ3v) is 3.23. The molecule has 102 valence electrons. The summed E-state index contributed by atoms with van der Waals surface area (Å²) in [6.07, 6.45) is 3.72. The van der Waals surface area contributed by atoms with Gasteiger partial charge in [-0.25, -0.2) is 0 Å². The molecule has 1 aromatic carbocycles. The van der Waals surface area contributed by atoms with Gasteiger partial charge >= 0.3 is 0 Å². The van der Waals surface area contributed by atoms with Crippen LogP contribution in [0.5, 0.6) is 0 Å². The second kappa shape index (κ2) is 7.12. The Bertz CT molecular complexity index is 479. The van der Waals surface area contributed by atoms with Crippen LogP contribution in [0, 0.1) is 0 Å². The predicted octanol–water partition coefficient (Wildman–Crippen LogP) is 2.88. The van der Waals surface area contributed by atoms with Crippen LogP contribution in [0.25, 0.3) is 0 Å². The quantitative estimate of drug-likeness (QED) is 0.803. The molecule has 0 saturated heterocycles. The average Bonchev–Trinajstić information content (AvgIpc) is 2.96. The molecule has 2 rings (SSSR count). The molecule has 0 radical (unpaired) electrons. The zero-order valence-electron chi connectivity index (χ0n) is 11.3. The second-order valence-electron chi connectivity index (χ2n) is 4.88. The van der Waals surface area contributed by atoms with Gasteiger partial charge in [-0.3, -0.25) is 0 Å². The minimum absolute atomic E-state index is 0.0991. The molecular weight excluding hydrogens is 238 g/mol. The molecule has 0 spiro atoms. The van der Waals surface area contributed by atoms with Gasteiger partial charge in [0.2, 0.25) is 0 Å². The van der Waals surface area contributed by atoms with Gasteiger partial charge < -0.3 is 14.8 Å². The van der Waals surface area contributed by atoms with Crippen molar-refractivity contribution in [3.63, 3.8) is 0 Å². The van der Waals surface area contributed by atoms with Crippen LogP contribution in [0.3, 0.4) is 0 Å². The van der Waals surface area contributed by atoms with E-state index in [4.69, 9.17) is 9.52 Å². The molecule has 0 bridgehead atoms. The summed E-state index contributed by atoms with van der Waals surface area (Å²) >= 11 is 0. The number of aryl methyl sites for hydroxylation is 1. The molecule has 19 heavy (non-hydrogen) atoms. The van der Waals surface area contributed by atoms with E-state index in [2.05, 4.69) is 18.3 Å². The van der Waals surface area contributed by atoms with Crippen molar-refractivity contribution in [2.45, 2.75) is 39.0 Å². The van der Waals surface area contributed by atoms with Crippen molar-refractivity contribution < 1.29 is 9.52 Å². The van der Waals surface area contributed by atoms with Crippen LogP contribution in [0.2, 0.25) is 0 Å². The minimum atomic E-state index is 0.0991. The molecule has 1 unspecified atom stereocenters. The summed E-state index contributed by atoms with van der Waals surface area (Å²) in [6, 6.07) is 12.4. The molecule has 2 N–H and O–H groups in total. The van der Waals surface area contributed by atoms with Gasteiger partial charge in [0.25, 0.3) is 0 Å². The van der Waals surface area contributed by atoms with Crippen molar-refractivity contribution in [2.24, 2.45) is 0 Å². The smallest absolute Gasteiger partial charge is 0.103 e. The summed E-state index contributed by atoms with van der Waals surface area (Å²) in [7, 11) is 0. The maximum Gasteiger partial charge on any atom is 0.103 e. The van der Waals surface area contributed by atoms with E-state index >= 15 is 0 Å². The normalized spacial score (nSPS) is 12.5. The summed E-state index contributed by atoms with van der Waals surface area (Å²) in [5, 5.41) is 12.6. The topological polar surface area (TPSA) is 45.4 Å². The standard InChI is InChI=1S/C16H21NO2/c1-13(7-8-16-6-3-9-19-16)17-11-14-4-2-5-15(10-14)12-18/h2-6,9-10,13,17-18H,7-8,11-12H2,1H3. The fourth-order valence-corrected chi connectivity index (χ4v) is 2.05. The number of furan rings is 1. The molecule has 0 aliphatic heterocycles. The molecule has 3 heteroatoms. The minimum Gasteiger partial charge on any atom is -0.469 e. The number of aliphatic hydroxyl groups is 1. The molecule has 0 aliphatic rings. The average molecular weight is 259 g/mol. The van der Waals surface area contributed by atoms with E-state index in [1.807, 2.05) is 30.3 Å². The second-order valence-corrected chi connectivity index (χ2v) is 4.88. The SMILES string of the molecule is CC(CCc1ccco1)NCc1cccc(CO)c1. The van der Waals surface area contributed by atoms with Crippen molar-refractivity contribution in [2.75, 3.05) is 0 Å². The van der Waals surface area contributed by atoms with Crippen LogP contribution in [0.4, 0.5) is 0 Å². The number of rotatable bonds is 7. The molecule has 2 aromatic rings. The van der Waals surface area contributed by atoms with Crippen molar-refractivity contribution in [1.82, 2.24) is 5.32 Å². The molecule has 0 saturated carbocycles. The van der Waals surface area contributed by atoms with E-state index in [9.17, 15) is 0 Å². The summed E-state index contributed by atoms with van der Waals surface area (Å²) in [5.74, 6) is 1.04. The lowest BCUT2D eigenvalue weighted by atomic mass is 10.1. The van der Waals surface area contributed by atoms with E-state index in [0.29, 0.717) is 6.04 Å². The fourth-order valence-electron chi connectivity index (χ4n) is 2.05. The molecule has 1 aromatic heterocycles. The van der Waals surface area contributed by atoms with Crippen LogP contribution in [-0.2, 0) is 19.6 Å². The van der Waals surface area contributed by atoms with Crippen LogP contribution in [0.15, 0.2) is 47.1 Å². The first-order chi connectivity index (χ1) is 9.28. The van der Waals surface area contributed by atoms with Crippen LogP contribution in [-0.4, -0.2) is 11.1 Å². The maximum absolute atomic E-state index is 9.10. The third kappa shape index (κ3) is 4.54. The monoisotopic (exact) mass is 259 g/mol. The third-order valence-electron chi connectivity index (χ3n) is 3.23. The van der Waals surface area contributed by atoms with Gasteiger partial charge in [0, 0.05) is 19.0 Å². The van der Waals surface area contributed by atoms with Crippen LogP contribution in [0.1, 0.15) is 30.2 Å². The van der Waals surface area contributed by atoms with Crippen LogP contribution >= 0.6 is 0 Å². The highest BCUT2D eigenvalue weighted by atomic mass is 16.3. The Morgan fingerprint density at radius 3 is 2.79 bits per heavy atom. The van der Waals surface area contributed by atoms with E-state index < -0.39 is 0 Å². The van der Waals surface area contributed by atoms with E-state index in [1.54, 1.807) is 6.26 Å². The lowest BCUT2D eigenvalue weighted by molar-refractivity contribution is 0.281. The van der Waals surface area contributed by atoms with Gasteiger partial charge in [-0.2, -0.15) is 0 Å². The van der Waals surface area contributed by atoms with Crippen molar-refractivity contribution in [3.05, 3.63) is 59.5 Å². The molecule has 3 nitrogen and oxygen atoms in total. The Morgan fingerprint density at radius 1 is 1.21 bits per heavy atom. The maximum atomic E-state index is 9.10. The summed E-state index contributed by atoms with van der Waals surface area (Å²) in [4.78, 5) is 0. The van der Waals surface area contributed by atoms with Gasteiger partial charge in [-0.1, -0.05) is 24.3 Å². The summed E-state index contributed by atoms with van der Waals surface area (Å²) in [6.45, 7) is 3.11. The van der Waals surface area contributed by atoms with Crippen LogP contribution < -0.4 is 5.32 Å². The molecule has 1 heterocycles. The first kappa shape index (κ1) is 13.8. The number of benzene rings is 1. The molecule has 0 aliphatic carbocycles. The van der Waals surface area contributed by atoms with Crippen molar-refractivity contribution in [3.8, 4) is 0 Å². The highest BCUT2D eigenvalue weighted by Crippen LogP contribution is 2.08. The van der Waals surface area contributed by atoms with Gasteiger partial charge in [0.05, 0.1) is 12.9 Å². The Hall–Kier alpha value is -1.58. The Balaban J connectivity index is 1.74. The summed E-state index contributed by atoms with van der Waals surface area (Å²) < 4.78 is 5.32. The highest BCUT2D eigenvalue weighted by molar-refractivity contribution is 5.22. The number of hydrogen-bond acceptors (Lipinski definition) is 3. The molecule has 0 amide bonds. The van der Waals surface area contributed by atoms with E-state index in [-0.39, 0.29) is 6.61 Å². The Morgan fingerprint density at radius 2 is 2.05 bits per heavy atom. The predicted molar refractivity (Wildman–Crippen MR) is 75.7 cm³/mol. The van der Waals surface area contributed by atoms with Gasteiger partial charge in [0.15, 0.2) is 0 Å². The zero-order chi connectivity index (χ0) is 13.5. The molecular formula is C16H21NO2. The highest BCUT2D eigenvalue weighted by Gasteiger charge is 2.04. The lowest BCUT2D eigenvalue weighted by Gasteiger charge is -2.13. The zero-order valence-corrected chi connectivity index (χ0v) is 11.3. The summed E-state index contributed by atoms with van der Waals surface area (Å²) in [5.41, 5.74) is 2.17. The van der Waals surface area contributed by atoms with Gasteiger partial charge in [-0.05, 0) is 36.6 Å². The lowest BCUT2D eigenvalue weighted by Crippen LogP contribution is -2.25. The van der Waals surface area contributed by atoms with Gasteiger partial charge in [-0.15, -0.1) is 0 Å². The Kier molecular flexibility index (Phi) is 5.19. The number of hydrogen-bond donors (Lipinski definition) is 2. The molecule has 1 atom stereocenters. The van der Waals surface area contributed by atoms with E-state index in [0.717, 1.165) is 30.7 Å². The number of aliphatic hydroxyl groups excluding tert-OH is 1.